The molecule has 0 spiro atoms. The first-order valence-corrected chi connectivity index (χ1v) is 28.1. The van der Waals surface area contributed by atoms with E-state index in [0.29, 0.717) is 37.2 Å². The average molecular weight is 1160 g/mol. The highest BCUT2D eigenvalue weighted by Crippen LogP contribution is 2.57. The number of esters is 12. The molecule has 0 aromatic heterocycles. The SMILES string of the molecule is C=C(C)C(=O)OC1CCC2CC1OC2=O.C=C(C)C(=O)OCC(=O)OC1C2CC3C(=O)OC1C3C2.C=CC(=O)OC1C2CC3C(=O)OC1C3C2.C=CC(=O)OC1CCC2CC1OC2=O.C=CC(=O)OCC(=O)OC1C2CC3C(=O)OC1C3C2. The van der Waals surface area contributed by atoms with Gasteiger partial charge in [0, 0.05) is 77.7 Å². The van der Waals surface area contributed by atoms with Crippen LogP contribution < -0.4 is 0 Å². The Hall–Kier alpha value is -7.66. The second kappa shape index (κ2) is 25.1. The van der Waals surface area contributed by atoms with Gasteiger partial charge in [-0.05, 0) is 78.1 Å². The van der Waals surface area contributed by atoms with Gasteiger partial charge in [0.25, 0.3) is 0 Å². The Labute approximate surface area is 477 Å². The number of hydrogen-bond acceptors (Lipinski definition) is 24. The van der Waals surface area contributed by atoms with E-state index >= 15 is 0 Å². The summed E-state index contributed by atoms with van der Waals surface area (Å²) in [6.45, 7) is 19.1. The van der Waals surface area contributed by atoms with E-state index in [2.05, 4.69) is 37.6 Å². The first kappa shape index (κ1) is 59.9. The van der Waals surface area contributed by atoms with Crippen LogP contribution in [0.25, 0.3) is 0 Å². The summed E-state index contributed by atoms with van der Waals surface area (Å²) in [6.07, 6.45) is 9.67. The van der Waals surface area contributed by atoms with Gasteiger partial charge in [0.1, 0.15) is 61.0 Å². The molecule has 0 aromatic rings. The van der Waals surface area contributed by atoms with E-state index in [1.807, 2.05) is 0 Å². The van der Waals surface area contributed by atoms with Gasteiger partial charge in [-0.2, -0.15) is 0 Å². The second-order valence-corrected chi connectivity index (χ2v) is 23.3. The van der Waals surface area contributed by atoms with E-state index < -0.39 is 61.1 Å². The average Bonchev–Trinajstić information content (AvgIpc) is 3.59. The van der Waals surface area contributed by atoms with Gasteiger partial charge in [-0.15, -0.1) is 0 Å². The van der Waals surface area contributed by atoms with Gasteiger partial charge in [-0.1, -0.05) is 32.9 Å². The fourth-order valence-electron chi connectivity index (χ4n) is 14.3. The normalized spacial score (nSPS) is 37.6. The third-order valence-electron chi connectivity index (χ3n) is 18.1. The number of ether oxygens (including phenoxy) is 12. The molecule has 0 radical (unpaired) electrons. The number of fused-ring (bicyclic) bond motifs is 7. The largest absolute Gasteiger partial charge is 0.458 e. The lowest BCUT2D eigenvalue weighted by molar-refractivity contribution is -0.168. The van der Waals surface area contributed by atoms with Gasteiger partial charge in [0.2, 0.25) is 0 Å². The molecule has 0 N–H and O–H groups in total. The van der Waals surface area contributed by atoms with Gasteiger partial charge in [-0.25, -0.2) is 33.6 Å². The maximum Gasteiger partial charge on any atom is 0.344 e. The number of carbonyl (C=O) groups is 12. The molecule has 10 bridgehead atoms. The van der Waals surface area contributed by atoms with Gasteiger partial charge in [0.15, 0.2) is 13.2 Å². The van der Waals surface area contributed by atoms with Crippen molar-refractivity contribution in [3.05, 3.63) is 62.3 Å². The van der Waals surface area contributed by atoms with Crippen molar-refractivity contribution >= 4 is 71.6 Å². The Morgan fingerprint density at radius 2 is 0.807 bits per heavy atom. The molecule has 13 aliphatic rings. The van der Waals surface area contributed by atoms with Gasteiger partial charge in [0.05, 0.1) is 29.6 Å². The van der Waals surface area contributed by atoms with Crippen LogP contribution in [-0.4, -0.2) is 146 Å². The molecule has 8 aliphatic carbocycles. The van der Waals surface area contributed by atoms with Gasteiger partial charge >= 0.3 is 71.6 Å². The monoisotopic (exact) mass is 1160 g/mol. The summed E-state index contributed by atoms with van der Waals surface area (Å²) in [7, 11) is 0. The molecule has 24 heteroatoms. The molecule has 21 atom stereocenters. The van der Waals surface area contributed by atoms with Gasteiger partial charge < -0.3 is 56.8 Å². The molecule has 448 valence electrons. The second-order valence-electron chi connectivity index (χ2n) is 23.3. The summed E-state index contributed by atoms with van der Waals surface area (Å²) in [5.74, 6) is -3.12. The number of carbonyl (C=O) groups excluding carboxylic acids is 12. The Morgan fingerprint density at radius 1 is 0.434 bits per heavy atom. The maximum absolute atomic E-state index is 11.7. The summed E-state index contributed by atoms with van der Waals surface area (Å²) >= 11 is 0. The minimum absolute atomic E-state index is 0.0106. The fraction of sp³-hybridized carbons (Fsp3) is 0.627. The third kappa shape index (κ3) is 12.8. The third-order valence-corrected chi connectivity index (χ3v) is 18.1. The van der Waals surface area contributed by atoms with Crippen molar-refractivity contribution < 1.29 is 114 Å². The van der Waals surface area contributed by atoms with Crippen molar-refractivity contribution in [2.24, 2.45) is 65.1 Å². The van der Waals surface area contributed by atoms with E-state index in [-0.39, 0.29) is 150 Å². The van der Waals surface area contributed by atoms with Crippen molar-refractivity contribution in [3.63, 3.8) is 0 Å². The highest BCUT2D eigenvalue weighted by atomic mass is 16.6. The molecular weight excluding hydrogens is 1090 g/mol. The predicted octanol–water partition coefficient (Wildman–Crippen LogP) is 3.48. The van der Waals surface area contributed by atoms with Crippen LogP contribution in [0, 0.1) is 65.1 Å². The van der Waals surface area contributed by atoms with Gasteiger partial charge in [-0.3, -0.25) is 24.0 Å². The maximum atomic E-state index is 11.7. The Balaban J connectivity index is 0.000000126. The lowest BCUT2D eigenvalue weighted by atomic mass is 9.88. The van der Waals surface area contributed by atoms with Crippen molar-refractivity contribution in [2.75, 3.05) is 13.2 Å². The van der Waals surface area contributed by atoms with Crippen molar-refractivity contribution in [3.8, 4) is 0 Å². The smallest absolute Gasteiger partial charge is 0.344 e. The molecule has 24 nitrogen and oxygen atoms in total. The molecule has 8 saturated carbocycles. The Morgan fingerprint density at radius 3 is 1.20 bits per heavy atom. The standard InChI is InChI=1S/C14H16O6.C13H14O6.C11H12O4.C11H14O4.C10H12O4/c1-6(2)13(16)18-5-10(15)19-11-7-3-8-9(4-7)14(17)20-12(8)11;1-2-9(14)17-5-10(15)18-11-6-3-7-8(4-6)13(16)19-12(7)11;1-2-8(12)14-9-5-3-6-7(4-5)11(13)15-10(6)9;1-6(2)10(12)14-8-4-3-7-5-9(8)15-11(7)13;1-2-9(11)13-7-4-3-6-5-8(7)14-10(6)12/h7-9,11-12H,1,3-5H2,2H3;2,6-8,11-12H,1,3-5H2;2,5-7,9-10H,1,3-4H2;7-9H,1,3-5H2,2H3;2,6-8H,1,3-5H2. The number of hydrogen-bond donors (Lipinski definition) is 0. The van der Waals surface area contributed by atoms with E-state index in [0.717, 1.165) is 69.6 Å². The lowest BCUT2D eigenvalue weighted by Gasteiger charge is -2.25. The highest BCUT2D eigenvalue weighted by Gasteiger charge is 2.65. The molecule has 13 fully saturated rings. The summed E-state index contributed by atoms with van der Waals surface area (Å²) in [6, 6.07) is 0. The van der Waals surface area contributed by atoms with Crippen LogP contribution >= 0.6 is 0 Å². The van der Waals surface area contributed by atoms with Crippen molar-refractivity contribution in [1.82, 2.24) is 0 Å². The molecule has 0 aromatic carbocycles. The molecule has 0 amide bonds. The zero-order valence-corrected chi connectivity index (χ0v) is 46.1. The lowest BCUT2D eigenvalue weighted by Crippen LogP contribution is -2.37. The molecule has 5 heterocycles. The van der Waals surface area contributed by atoms with Crippen LogP contribution in [0.3, 0.4) is 0 Å². The zero-order chi connectivity index (χ0) is 59.7. The fourth-order valence-corrected chi connectivity index (χ4v) is 14.3. The van der Waals surface area contributed by atoms with Crippen LogP contribution in [0.4, 0.5) is 0 Å². The first-order chi connectivity index (χ1) is 39.5. The van der Waals surface area contributed by atoms with Crippen molar-refractivity contribution in [2.45, 2.75) is 152 Å². The molecule has 83 heavy (non-hydrogen) atoms. The van der Waals surface area contributed by atoms with Crippen molar-refractivity contribution in [1.29, 1.82) is 0 Å². The molecular formula is C59H68O24. The van der Waals surface area contributed by atoms with E-state index in [1.54, 1.807) is 6.92 Å². The summed E-state index contributed by atoms with van der Waals surface area (Å²) < 4.78 is 61.5. The molecule has 5 saturated heterocycles. The first-order valence-electron chi connectivity index (χ1n) is 28.1. The van der Waals surface area contributed by atoms with E-state index in [4.69, 9.17) is 52.1 Å². The topological polar surface area (TPSA) is 316 Å². The van der Waals surface area contributed by atoms with Crippen LogP contribution in [0.1, 0.15) is 90.9 Å². The van der Waals surface area contributed by atoms with Crippen LogP contribution in [0.15, 0.2) is 62.3 Å². The number of rotatable bonds is 14. The van der Waals surface area contributed by atoms with Crippen LogP contribution in [-0.2, 0) is 114 Å². The summed E-state index contributed by atoms with van der Waals surface area (Å²) in [5.41, 5.74) is 0.603. The Bertz CT molecular complexity index is 2740. The van der Waals surface area contributed by atoms with E-state index in [9.17, 15) is 57.5 Å². The quantitative estimate of drug-likeness (QED) is 0.136. The minimum Gasteiger partial charge on any atom is -0.458 e. The summed E-state index contributed by atoms with van der Waals surface area (Å²) in [4.78, 5) is 136. The predicted molar refractivity (Wildman–Crippen MR) is 275 cm³/mol. The van der Waals surface area contributed by atoms with E-state index in [1.165, 1.54) is 6.92 Å². The molecule has 5 aliphatic heterocycles. The summed E-state index contributed by atoms with van der Waals surface area (Å²) in [5, 5.41) is 0. The minimum atomic E-state index is -0.669. The highest BCUT2D eigenvalue weighted by molar-refractivity contribution is 5.89. The zero-order valence-electron chi connectivity index (χ0n) is 46.1. The Kier molecular flexibility index (Phi) is 18.1. The molecule has 21 unspecified atom stereocenters. The molecule has 13 rings (SSSR count). The van der Waals surface area contributed by atoms with Crippen LogP contribution in [0.5, 0.6) is 0 Å². The van der Waals surface area contributed by atoms with Crippen LogP contribution in [0.2, 0.25) is 0 Å².